The zero-order valence-corrected chi connectivity index (χ0v) is 10.9. The predicted molar refractivity (Wildman–Crippen MR) is 76.2 cm³/mol. The fourth-order valence-electron chi connectivity index (χ4n) is 3.43. The Kier molecular flexibility index (Phi) is 2.99. The Labute approximate surface area is 108 Å². The minimum atomic E-state index is 0.498. The molecule has 0 atom stereocenters. The van der Waals surface area contributed by atoms with Crippen molar-refractivity contribution in [3.05, 3.63) is 41.5 Å². The number of phenols is 1. The fourth-order valence-corrected chi connectivity index (χ4v) is 3.43. The monoisotopic (exact) mass is 240 g/mol. The molecule has 0 heterocycles. The van der Waals surface area contributed by atoms with Gasteiger partial charge in [-0.3, -0.25) is 0 Å². The summed E-state index contributed by atoms with van der Waals surface area (Å²) in [7, 11) is 0. The van der Waals surface area contributed by atoms with Gasteiger partial charge in [-0.05, 0) is 48.1 Å². The number of aryl methyl sites for hydroxylation is 1. The fraction of sp³-hybridized carbons (Fsp3) is 0.412. The molecule has 2 aromatic carbocycles. The van der Waals surface area contributed by atoms with E-state index in [1.54, 1.807) is 0 Å². The van der Waals surface area contributed by atoms with E-state index >= 15 is 0 Å². The summed E-state index contributed by atoms with van der Waals surface area (Å²) in [6, 6.07) is 10.3. The van der Waals surface area contributed by atoms with E-state index in [2.05, 4.69) is 25.1 Å². The maximum Gasteiger partial charge on any atom is 0.119 e. The van der Waals surface area contributed by atoms with Crippen molar-refractivity contribution in [2.24, 2.45) is 0 Å². The average Bonchev–Trinajstić information content (AvgIpc) is 2.40. The standard InChI is InChI=1S/C17H20O/c1-12-15-10-6-5-9-14(15)11-16(18)17(12)13-7-3-2-4-8-13/h5-6,9-11,13,18H,2-4,7-8H2,1H3. The molecule has 0 bridgehead atoms. The van der Waals surface area contributed by atoms with Crippen molar-refractivity contribution in [2.75, 3.05) is 0 Å². The summed E-state index contributed by atoms with van der Waals surface area (Å²) in [5.74, 6) is 1.06. The zero-order chi connectivity index (χ0) is 12.5. The van der Waals surface area contributed by atoms with Gasteiger partial charge in [-0.25, -0.2) is 0 Å². The van der Waals surface area contributed by atoms with Gasteiger partial charge in [0.2, 0.25) is 0 Å². The van der Waals surface area contributed by atoms with Crippen LogP contribution in [-0.2, 0) is 0 Å². The van der Waals surface area contributed by atoms with Crippen molar-refractivity contribution in [3.63, 3.8) is 0 Å². The molecule has 1 fully saturated rings. The van der Waals surface area contributed by atoms with Gasteiger partial charge in [-0.2, -0.15) is 0 Å². The van der Waals surface area contributed by atoms with Gasteiger partial charge < -0.3 is 5.11 Å². The second kappa shape index (κ2) is 4.64. The highest BCUT2D eigenvalue weighted by Gasteiger charge is 2.21. The first-order valence-electron chi connectivity index (χ1n) is 6.98. The van der Waals surface area contributed by atoms with Gasteiger partial charge in [0.25, 0.3) is 0 Å². The van der Waals surface area contributed by atoms with E-state index in [-0.39, 0.29) is 0 Å². The van der Waals surface area contributed by atoms with Crippen molar-refractivity contribution in [2.45, 2.75) is 44.9 Å². The lowest BCUT2D eigenvalue weighted by Gasteiger charge is -2.25. The number of phenolic OH excluding ortho intramolecular Hbond substituents is 1. The number of rotatable bonds is 1. The van der Waals surface area contributed by atoms with E-state index < -0.39 is 0 Å². The number of hydrogen-bond acceptors (Lipinski definition) is 1. The van der Waals surface area contributed by atoms with Gasteiger partial charge in [-0.15, -0.1) is 0 Å². The van der Waals surface area contributed by atoms with Crippen molar-refractivity contribution in [1.29, 1.82) is 0 Å². The lowest BCUT2D eigenvalue weighted by molar-refractivity contribution is 0.413. The minimum absolute atomic E-state index is 0.498. The van der Waals surface area contributed by atoms with Gasteiger partial charge in [0, 0.05) is 5.56 Å². The highest BCUT2D eigenvalue weighted by molar-refractivity contribution is 5.88. The second-order valence-electron chi connectivity index (χ2n) is 5.49. The lowest BCUT2D eigenvalue weighted by atomic mass is 9.80. The van der Waals surface area contributed by atoms with Crippen LogP contribution >= 0.6 is 0 Å². The maximum absolute atomic E-state index is 10.3. The normalized spacial score (nSPS) is 17.2. The van der Waals surface area contributed by atoms with Crippen LogP contribution in [0.1, 0.15) is 49.1 Å². The first-order valence-corrected chi connectivity index (χ1v) is 6.98. The molecule has 2 aromatic rings. The molecule has 0 aliphatic heterocycles. The topological polar surface area (TPSA) is 20.2 Å². The molecule has 0 amide bonds. The predicted octanol–water partition coefficient (Wildman–Crippen LogP) is 4.90. The molecule has 0 spiro atoms. The van der Waals surface area contributed by atoms with Crippen LogP contribution in [0.2, 0.25) is 0 Å². The van der Waals surface area contributed by atoms with Crippen molar-refractivity contribution in [1.82, 2.24) is 0 Å². The summed E-state index contributed by atoms with van der Waals surface area (Å²) in [5, 5.41) is 12.8. The van der Waals surface area contributed by atoms with E-state index in [9.17, 15) is 5.11 Å². The third kappa shape index (κ3) is 1.88. The summed E-state index contributed by atoms with van der Waals surface area (Å²) >= 11 is 0. The molecular formula is C17H20O. The van der Waals surface area contributed by atoms with Crippen LogP contribution in [0.15, 0.2) is 30.3 Å². The molecule has 94 valence electrons. The van der Waals surface area contributed by atoms with E-state index in [4.69, 9.17) is 0 Å². The molecule has 1 nitrogen and oxygen atoms in total. The Morgan fingerprint density at radius 1 is 1.06 bits per heavy atom. The number of aromatic hydroxyl groups is 1. The van der Waals surface area contributed by atoms with Gasteiger partial charge >= 0.3 is 0 Å². The molecule has 0 saturated heterocycles. The summed E-state index contributed by atoms with van der Waals surface area (Å²) < 4.78 is 0. The highest BCUT2D eigenvalue weighted by Crippen LogP contribution is 2.41. The third-order valence-corrected chi connectivity index (χ3v) is 4.35. The molecule has 0 aromatic heterocycles. The van der Waals surface area contributed by atoms with Crippen LogP contribution in [0.3, 0.4) is 0 Å². The Morgan fingerprint density at radius 3 is 2.56 bits per heavy atom. The molecule has 18 heavy (non-hydrogen) atoms. The van der Waals surface area contributed by atoms with Crippen LogP contribution in [0, 0.1) is 6.92 Å². The van der Waals surface area contributed by atoms with Crippen LogP contribution in [-0.4, -0.2) is 5.11 Å². The minimum Gasteiger partial charge on any atom is -0.508 e. The van der Waals surface area contributed by atoms with Crippen LogP contribution in [0.25, 0.3) is 10.8 Å². The quantitative estimate of drug-likeness (QED) is 0.751. The highest BCUT2D eigenvalue weighted by atomic mass is 16.3. The molecule has 1 aliphatic carbocycles. The van der Waals surface area contributed by atoms with Gasteiger partial charge in [0.15, 0.2) is 0 Å². The first-order chi connectivity index (χ1) is 8.77. The molecule has 0 unspecified atom stereocenters. The summed E-state index contributed by atoms with van der Waals surface area (Å²) in [4.78, 5) is 0. The van der Waals surface area contributed by atoms with E-state index in [1.165, 1.54) is 48.6 Å². The summed E-state index contributed by atoms with van der Waals surface area (Å²) in [5.41, 5.74) is 2.48. The van der Waals surface area contributed by atoms with Crippen LogP contribution in [0.4, 0.5) is 0 Å². The largest absolute Gasteiger partial charge is 0.508 e. The molecule has 1 heteroatoms. The van der Waals surface area contributed by atoms with Gasteiger partial charge in [-0.1, -0.05) is 43.5 Å². The Hall–Kier alpha value is -1.50. The molecule has 1 saturated carbocycles. The number of benzene rings is 2. The van der Waals surface area contributed by atoms with E-state index in [0.717, 1.165) is 5.39 Å². The molecular weight excluding hydrogens is 220 g/mol. The molecule has 1 N–H and O–H groups in total. The maximum atomic E-state index is 10.3. The smallest absolute Gasteiger partial charge is 0.119 e. The second-order valence-corrected chi connectivity index (χ2v) is 5.49. The third-order valence-electron chi connectivity index (χ3n) is 4.35. The van der Waals surface area contributed by atoms with Gasteiger partial charge in [0.05, 0.1) is 0 Å². The van der Waals surface area contributed by atoms with Crippen LogP contribution < -0.4 is 0 Å². The average molecular weight is 240 g/mol. The Morgan fingerprint density at radius 2 is 1.78 bits per heavy atom. The van der Waals surface area contributed by atoms with Crippen molar-refractivity contribution in [3.8, 4) is 5.75 Å². The molecule has 0 radical (unpaired) electrons. The SMILES string of the molecule is Cc1c(C2CCCCC2)c(O)cc2ccccc12. The number of hydrogen-bond donors (Lipinski definition) is 1. The van der Waals surface area contributed by atoms with E-state index in [0.29, 0.717) is 11.7 Å². The molecule has 1 aliphatic rings. The Bertz CT molecular complexity index is 565. The van der Waals surface area contributed by atoms with Crippen LogP contribution in [0.5, 0.6) is 5.75 Å². The summed E-state index contributed by atoms with van der Waals surface area (Å²) in [6.07, 6.45) is 6.41. The van der Waals surface area contributed by atoms with Crippen molar-refractivity contribution >= 4 is 10.8 Å². The zero-order valence-electron chi connectivity index (χ0n) is 10.9. The van der Waals surface area contributed by atoms with E-state index in [1.807, 2.05) is 12.1 Å². The number of fused-ring (bicyclic) bond motifs is 1. The first kappa shape index (κ1) is 11.6. The summed E-state index contributed by atoms with van der Waals surface area (Å²) in [6.45, 7) is 2.16. The van der Waals surface area contributed by atoms with Gasteiger partial charge in [0.1, 0.15) is 5.75 Å². The van der Waals surface area contributed by atoms with Crippen molar-refractivity contribution < 1.29 is 5.11 Å². The lowest BCUT2D eigenvalue weighted by Crippen LogP contribution is -2.06. The molecule has 3 rings (SSSR count). The Balaban J connectivity index is 2.15.